The summed E-state index contributed by atoms with van der Waals surface area (Å²) in [5.74, 6) is -1.39. The van der Waals surface area contributed by atoms with E-state index in [0.717, 1.165) is 30.6 Å². The molecule has 1 aromatic carbocycles. The fourth-order valence-corrected chi connectivity index (χ4v) is 2.35. The first-order valence-electron chi connectivity index (χ1n) is 5.85. The fraction of sp³-hybridized carbons (Fsp3) is 0.286. The lowest BCUT2D eigenvalue weighted by molar-refractivity contribution is -0.132. The summed E-state index contributed by atoms with van der Waals surface area (Å²) in [5, 5.41) is 8.51. The first kappa shape index (κ1) is 12.4. The van der Waals surface area contributed by atoms with E-state index in [0.29, 0.717) is 0 Å². The molecule has 0 spiro atoms. The van der Waals surface area contributed by atoms with Crippen molar-refractivity contribution < 1.29 is 14.7 Å². The van der Waals surface area contributed by atoms with Gasteiger partial charge in [-0.15, -0.1) is 0 Å². The molecular weight excluding hydrogens is 230 g/mol. The van der Waals surface area contributed by atoms with E-state index in [1.54, 1.807) is 11.9 Å². The average molecular weight is 245 g/mol. The molecule has 1 aliphatic rings. The molecule has 1 aliphatic carbocycles. The second-order valence-electron chi connectivity index (χ2n) is 4.37. The van der Waals surface area contributed by atoms with E-state index >= 15 is 0 Å². The molecule has 1 N–H and O–H groups in total. The van der Waals surface area contributed by atoms with Crippen molar-refractivity contribution in [2.75, 3.05) is 7.05 Å². The molecule has 4 heteroatoms. The number of aliphatic carboxylic acids is 1. The Bertz CT molecular complexity index is 508. The molecule has 94 valence electrons. The number of carbonyl (C=O) groups excluding carboxylic acids is 1. The fourth-order valence-electron chi connectivity index (χ4n) is 2.35. The number of nitrogens with zero attached hydrogens (tertiary/aromatic N) is 1. The summed E-state index contributed by atoms with van der Waals surface area (Å²) >= 11 is 0. The Hall–Kier alpha value is -2.10. The minimum atomic E-state index is -1.11. The highest BCUT2D eigenvalue weighted by atomic mass is 16.4. The zero-order valence-corrected chi connectivity index (χ0v) is 10.2. The minimum Gasteiger partial charge on any atom is -0.478 e. The molecule has 0 radical (unpaired) electrons. The molecule has 0 heterocycles. The molecular formula is C14H15NO3. The Morgan fingerprint density at radius 2 is 2.06 bits per heavy atom. The molecule has 2 rings (SSSR count). The Kier molecular flexibility index (Phi) is 3.46. The number of hydrogen-bond donors (Lipinski definition) is 1. The van der Waals surface area contributed by atoms with Crippen LogP contribution in [0.1, 0.15) is 23.6 Å². The van der Waals surface area contributed by atoms with Crippen molar-refractivity contribution in [2.24, 2.45) is 0 Å². The molecule has 0 saturated carbocycles. The number of carboxylic acid groups (broad SMARTS) is 1. The van der Waals surface area contributed by atoms with E-state index in [1.807, 2.05) is 18.2 Å². The van der Waals surface area contributed by atoms with Gasteiger partial charge < -0.3 is 10.0 Å². The molecule has 0 aliphatic heterocycles. The van der Waals surface area contributed by atoms with E-state index in [9.17, 15) is 9.59 Å². The maximum absolute atomic E-state index is 11.8. The number of benzene rings is 1. The highest BCUT2D eigenvalue weighted by Crippen LogP contribution is 2.34. The summed E-state index contributed by atoms with van der Waals surface area (Å²) in [5.41, 5.74) is 2.43. The number of fused-ring (bicyclic) bond motifs is 1. The number of aryl methyl sites for hydroxylation is 1. The zero-order valence-electron chi connectivity index (χ0n) is 10.2. The monoisotopic (exact) mass is 245 g/mol. The van der Waals surface area contributed by atoms with Gasteiger partial charge in [-0.1, -0.05) is 24.3 Å². The van der Waals surface area contributed by atoms with Crippen LogP contribution in [0.15, 0.2) is 36.4 Å². The second-order valence-corrected chi connectivity index (χ2v) is 4.37. The van der Waals surface area contributed by atoms with Crippen LogP contribution in [-0.4, -0.2) is 28.9 Å². The van der Waals surface area contributed by atoms with Crippen LogP contribution in [0, 0.1) is 0 Å². The number of amides is 1. The van der Waals surface area contributed by atoms with E-state index < -0.39 is 5.97 Å². The molecule has 18 heavy (non-hydrogen) atoms. The van der Waals surface area contributed by atoms with Crippen molar-refractivity contribution in [2.45, 2.75) is 18.9 Å². The molecule has 0 fully saturated rings. The Labute approximate surface area is 106 Å². The first-order valence-corrected chi connectivity index (χ1v) is 5.85. The third-order valence-electron chi connectivity index (χ3n) is 3.28. The standard InChI is InChI=1S/C14H15NO3/c1-15(13(16)8-9-14(17)18)12-7-6-10-4-2-3-5-11(10)12/h2-5,8-9,12H,6-7H2,1H3,(H,17,18)/b9-8+. The maximum Gasteiger partial charge on any atom is 0.328 e. The number of carbonyl (C=O) groups is 2. The number of rotatable bonds is 3. The van der Waals surface area contributed by atoms with E-state index in [-0.39, 0.29) is 11.9 Å². The van der Waals surface area contributed by atoms with E-state index in [1.165, 1.54) is 5.56 Å². The highest BCUT2D eigenvalue weighted by Gasteiger charge is 2.27. The SMILES string of the molecule is CN(C(=O)/C=C/C(=O)O)C1CCc2ccccc21. The molecule has 4 nitrogen and oxygen atoms in total. The Morgan fingerprint density at radius 3 is 2.78 bits per heavy atom. The maximum atomic E-state index is 11.8. The zero-order chi connectivity index (χ0) is 13.1. The molecule has 1 amide bonds. The molecule has 0 aromatic heterocycles. The lowest BCUT2D eigenvalue weighted by atomic mass is 10.1. The number of likely N-dealkylation sites (N-methyl/N-ethyl adjacent to an activating group) is 1. The van der Waals surface area contributed by atoms with Crippen molar-refractivity contribution >= 4 is 11.9 Å². The molecule has 0 saturated heterocycles. The predicted molar refractivity (Wildman–Crippen MR) is 67.0 cm³/mol. The minimum absolute atomic E-state index is 0.0483. The van der Waals surface area contributed by atoms with Gasteiger partial charge in [0.25, 0.3) is 0 Å². The lowest BCUT2D eigenvalue weighted by Gasteiger charge is -2.24. The van der Waals surface area contributed by atoms with Crippen LogP contribution < -0.4 is 0 Å². The highest BCUT2D eigenvalue weighted by molar-refractivity contribution is 5.94. The first-order chi connectivity index (χ1) is 8.59. The van der Waals surface area contributed by atoms with Gasteiger partial charge in [0.05, 0.1) is 6.04 Å². The van der Waals surface area contributed by atoms with Crippen LogP contribution in [-0.2, 0) is 16.0 Å². The van der Waals surface area contributed by atoms with Gasteiger partial charge in [-0.05, 0) is 24.0 Å². The van der Waals surface area contributed by atoms with Gasteiger partial charge in [-0.25, -0.2) is 4.79 Å². The van der Waals surface area contributed by atoms with Crippen molar-refractivity contribution in [1.82, 2.24) is 4.90 Å². The summed E-state index contributed by atoms with van der Waals surface area (Å²) in [4.78, 5) is 23.8. The average Bonchev–Trinajstić information content (AvgIpc) is 2.78. The molecule has 1 atom stereocenters. The molecule has 1 aromatic rings. The largest absolute Gasteiger partial charge is 0.478 e. The molecule has 1 unspecified atom stereocenters. The Balaban J connectivity index is 2.14. The quantitative estimate of drug-likeness (QED) is 0.826. The van der Waals surface area contributed by atoms with Crippen molar-refractivity contribution in [3.63, 3.8) is 0 Å². The summed E-state index contributed by atoms with van der Waals surface area (Å²) < 4.78 is 0. The van der Waals surface area contributed by atoms with Crippen LogP contribution >= 0.6 is 0 Å². The number of carboxylic acids is 1. The second kappa shape index (κ2) is 5.04. The van der Waals surface area contributed by atoms with Gasteiger partial charge in [0.1, 0.15) is 0 Å². The third-order valence-corrected chi connectivity index (χ3v) is 3.28. The summed E-state index contributed by atoms with van der Waals surface area (Å²) in [6, 6.07) is 8.10. The smallest absolute Gasteiger partial charge is 0.328 e. The van der Waals surface area contributed by atoms with Crippen LogP contribution in [0.4, 0.5) is 0 Å². The van der Waals surface area contributed by atoms with Gasteiger partial charge in [0.2, 0.25) is 5.91 Å². The summed E-state index contributed by atoms with van der Waals surface area (Å²) in [6.07, 6.45) is 3.83. The van der Waals surface area contributed by atoms with Crippen LogP contribution in [0.2, 0.25) is 0 Å². The van der Waals surface area contributed by atoms with Crippen molar-refractivity contribution in [3.05, 3.63) is 47.5 Å². The van der Waals surface area contributed by atoms with Crippen LogP contribution in [0.3, 0.4) is 0 Å². The van der Waals surface area contributed by atoms with Crippen molar-refractivity contribution in [1.29, 1.82) is 0 Å². The summed E-state index contributed by atoms with van der Waals surface area (Å²) in [6.45, 7) is 0. The van der Waals surface area contributed by atoms with E-state index in [4.69, 9.17) is 5.11 Å². The number of hydrogen-bond acceptors (Lipinski definition) is 2. The normalized spacial score (nSPS) is 17.7. The van der Waals surface area contributed by atoms with Crippen LogP contribution in [0.5, 0.6) is 0 Å². The van der Waals surface area contributed by atoms with Gasteiger partial charge in [0.15, 0.2) is 0 Å². The lowest BCUT2D eigenvalue weighted by Crippen LogP contribution is -2.28. The molecule has 0 bridgehead atoms. The van der Waals surface area contributed by atoms with Gasteiger partial charge in [-0.3, -0.25) is 4.79 Å². The Morgan fingerprint density at radius 1 is 1.33 bits per heavy atom. The summed E-state index contributed by atoms with van der Waals surface area (Å²) in [7, 11) is 1.71. The topological polar surface area (TPSA) is 57.6 Å². The van der Waals surface area contributed by atoms with Gasteiger partial charge in [0, 0.05) is 19.2 Å². The van der Waals surface area contributed by atoms with Crippen molar-refractivity contribution in [3.8, 4) is 0 Å². The van der Waals surface area contributed by atoms with Gasteiger partial charge in [-0.2, -0.15) is 0 Å². The predicted octanol–water partition coefficient (Wildman–Crippen LogP) is 1.77. The van der Waals surface area contributed by atoms with Crippen LogP contribution in [0.25, 0.3) is 0 Å². The van der Waals surface area contributed by atoms with Gasteiger partial charge >= 0.3 is 5.97 Å². The van der Waals surface area contributed by atoms with E-state index in [2.05, 4.69) is 6.07 Å². The third kappa shape index (κ3) is 2.42.